The number of benzene rings is 1. The van der Waals surface area contributed by atoms with Crippen molar-refractivity contribution in [3.8, 4) is 5.75 Å². The number of aliphatic imine (C=N–C) groups is 1. The van der Waals surface area contributed by atoms with Crippen LogP contribution in [0, 0.1) is 6.92 Å². The normalized spacial score (nSPS) is 13.1. The first-order valence-corrected chi connectivity index (χ1v) is 8.63. The standard InChI is InChI=1S/C18H29F3N4O.HI/c1-14-8-5-6-9-16(14)26-15(2)12-24-17(22-3)23-10-7-11-25(4)13-18(19,20)21;/h5-6,8-9,15H,7,10-13H2,1-4H3,(H2,22,23,24);1H. The van der Waals surface area contributed by atoms with Crippen LogP contribution in [-0.4, -0.2) is 63.4 Å². The molecule has 0 bridgehead atoms. The molecule has 1 atom stereocenters. The Morgan fingerprint density at radius 3 is 2.52 bits per heavy atom. The van der Waals surface area contributed by atoms with Crippen molar-refractivity contribution in [1.82, 2.24) is 15.5 Å². The van der Waals surface area contributed by atoms with E-state index >= 15 is 0 Å². The molecule has 5 nitrogen and oxygen atoms in total. The van der Waals surface area contributed by atoms with Crippen molar-refractivity contribution in [1.29, 1.82) is 0 Å². The van der Waals surface area contributed by atoms with Gasteiger partial charge in [-0.05, 0) is 45.5 Å². The lowest BCUT2D eigenvalue weighted by Gasteiger charge is -2.20. The molecule has 0 fully saturated rings. The molecule has 0 aliphatic rings. The molecule has 1 aromatic rings. The highest BCUT2D eigenvalue weighted by Crippen LogP contribution is 2.17. The van der Waals surface area contributed by atoms with E-state index in [4.69, 9.17) is 4.74 Å². The van der Waals surface area contributed by atoms with Crippen molar-refractivity contribution in [3.05, 3.63) is 29.8 Å². The van der Waals surface area contributed by atoms with E-state index in [0.29, 0.717) is 32.0 Å². The van der Waals surface area contributed by atoms with Crippen molar-refractivity contribution in [2.45, 2.75) is 32.5 Å². The Morgan fingerprint density at radius 2 is 1.93 bits per heavy atom. The number of para-hydroxylation sites is 1. The second kappa shape index (κ2) is 13.0. The van der Waals surface area contributed by atoms with Crippen LogP contribution in [0.3, 0.4) is 0 Å². The highest BCUT2D eigenvalue weighted by molar-refractivity contribution is 14.0. The minimum Gasteiger partial charge on any atom is -0.489 e. The lowest BCUT2D eigenvalue weighted by atomic mass is 10.2. The maximum atomic E-state index is 12.3. The zero-order valence-electron chi connectivity index (χ0n) is 16.3. The number of hydrogen-bond donors (Lipinski definition) is 2. The Bertz CT molecular complexity index is 570. The number of halogens is 4. The van der Waals surface area contributed by atoms with E-state index in [9.17, 15) is 13.2 Å². The van der Waals surface area contributed by atoms with E-state index in [1.807, 2.05) is 38.1 Å². The molecular formula is C18H30F3IN4O. The summed E-state index contributed by atoms with van der Waals surface area (Å²) in [5, 5.41) is 6.25. The van der Waals surface area contributed by atoms with Gasteiger partial charge >= 0.3 is 6.18 Å². The van der Waals surface area contributed by atoms with Gasteiger partial charge in [-0.2, -0.15) is 13.2 Å². The quantitative estimate of drug-likeness (QED) is 0.235. The molecule has 0 aliphatic heterocycles. The monoisotopic (exact) mass is 502 g/mol. The molecule has 27 heavy (non-hydrogen) atoms. The maximum absolute atomic E-state index is 12.3. The maximum Gasteiger partial charge on any atom is 0.401 e. The molecule has 1 unspecified atom stereocenters. The van der Waals surface area contributed by atoms with Crippen LogP contribution in [0.4, 0.5) is 13.2 Å². The number of ether oxygens (including phenoxy) is 1. The molecule has 0 saturated heterocycles. The molecule has 1 aromatic carbocycles. The van der Waals surface area contributed by atoms with Crippen LogP contribution in [0.5, 0.6) is 5.75 Å². The van der Waals surface area contributed by atoms with Crippen LogP contribution < -0.4 is 15.4 Å². The molecule has 0 amide bonds. The van der Waals surface area contributed by atoms with E-state index in [1.54, 1.807) is 7.05 Å². The summed E-state index contributed by atoms with van der Waals surface area (Å²) in [4.78, 5) is 5.37. The third kappa shape index (κ3) is 12.0. The minimum atomic E-state index is -4.16. The Kier molecular flexibility index (Phi) is 12.4. The second-order valence-corrected chi connectivity index (χ2v) is 6.28. The summed E-state index contributed by atoms with van der Waals surface area (Å²) in [7, 11) is 3.11. The first-order valence-electron chi connectivity index (χ1n) is 8.63. The van der Waals surface area contributed by atoms with Crippen LogP contribution in [0.25, 0.3) is 0 Å². The first kappa shape index (κ1) is 25.8. The fourth-order valence-corrected chi connectivity index (χ4v) is 2.35. The van der Waals surface area contributed by atoms with Crippen LogP contribution in [0.1, 0.15) is 18.9 Å². The van der Waals surface area contributed by atoms with Gasteiger partial charge < -0.3 is 15.4 Å². The van der Waals surface area contributed by atoms with Gasteiger partial charge in [0.25, 0.3) is 0 Å². The zero-order valence-corrected chi connectivity index (χ0v) is 18.6. The molecule has 0 aromatic heterocycles. The van der Waals surface area contributed by atoms with Crippen molar-refractivity contribution in [2.24, 2.45) is 4.99 Å². The third-order valence-electron chi connectivity index (χ3n) is 3.66. The highest BCUT2D eigenvalue weighted by atomic mass is 127. The zero-order chi connectivity index (χ0) is 19.6. The van der Waals surface area contributed by atoms with Gasteiger partial charge in [0.05, 0.1) is 13.1 Å². The van der Waals surface area contributed by atoms with Crippen LogP contribution in [0.2, 0.25) is 0 Å². The number of alkyl halides is 3. The molecule has 0 saturated carbocycles. The smallest absolute Gasteiger partial charge is 0.401 e. The van der Waals surface area contributed by atoms with Crippen molar-refractivity contribution >= 4 is 29.9 Å². The van der Waals surface area contributed by atoms with Crippen molar-refractivity contribution in [2.75, 3.05) is 40.3 Å². The lowest BCUT2D eigenvalue weighted by Crippen LogP contribution is -2.42. The topological polar surface area (TPSA) is 48.9 Å². The summed E-state index contributed by atoms with van der Waals surface area (Å²) >= 11 is 0. The molecule has 0 spiro atoms. The molecule has 9 heteroatoms. The molecule has 156 valence electrons. The number of rotatable bonds is 9. The largest absolute Gasteiger partial charge is 0.489 e. The minimum absolute atomic E-state index is 0. The van der Waals surface area contributed by atoms with Gasteiger partial charge in [0.2, 0.25) is 0 Å². The second-order valence-electron chi connectivity index (χ2n) is 6.28. The summed E-state index contributed by atoms with van der Waals surface area (Å²) in [6, 6.07) is 7.81. The first-order chi connectivity index (χ1) is 12.2. The molecule has 2 N–H and O–H groups in total. The van der Waals surface area contributed by atoms with Gasteiger partial charge in [0, 0.05) is 13.6 Å². The van der Waals surface area contributed by atoms with Crippen molar-refractivity contribution in [3.63, 3.8) is 0 Å². The molecule has 0 heterocycles. The van der Waals surface area contributed by atoms with E-state index in [-0.39, 0.29) is 30.1 Å². The Morgan fingerprint density at radius 1 is 1.26 bits per heavy atom. The Labute approximate surface area is 176 Å². The molecule has 1 rings (SSSR count). The predicted octanol–water partition coefficient (Wildman–Crippen LogP) is 3.43. The van der Waals surface area contributed by atoms with Gasteiger partial charge in [-0.25, -0.2) is 0 Å². The molecule has 0 aliphatic carbocycles. The number of guanidine groups is 1. The van der Waals surface area contributed by atoms with Crippen molar-refractivity contribution < 1.29 is 17.9 Å². The predicted molar refractivity (Wildman–Crippen MR) is 114 cm³/mol. The summed E-state index contributed by atoms with van der Waals surface area (Å²) < 4.78 is 42.7. The van der Waals surface area contributed by atoms with Gasteiger partial charge in [-0.1, -0.05) is 18.2 Å². The summed E-state index contributed by atoms with van der Waals surface area (Å²) in [5.41, 5.74) is 1.07. The van der Waals surface area contributed by atoms with E-state index in [1.165, 1.54) is 11.9 Å². The van der Waals surface area contributed by atoms with E-state index < -0.39 is 12.7 Å². The average molecular weight is 502 g/mol. The van der Waals surface area contributed by atoms with Gasteiger partial charge in [-0.3, -0.25) is 9.89 Å². The number of hydrogen-bond acceptors (Lipinski definition) is 3. The number of nitrogens with zero attached hydrogens (tertiary/aromatic N) is 2. The molecule has 0 radical (unpaired) electrons. The van der Waals surface area contributed by atoms with Crippen LogP contribution in [-0.2, 0) is 0 Å². The van der Waals surface area contributed by atoms with Gasteiger partial charge in [-0.15, -0.1) is 24.0 Å². The SMILES string of the molecule is CN=C(NCCCN(C)CC(F)(F)F)NCC(C)Oc1ccccc1C.I. The Hall–Kier alpha value is -1.23. The van der Waals surface area contributed by atoms with Gasteiger partial charge in [0.15, 0.2) is 5.96 Å². The van der Waals surface area contributed by atoms with Gasteiger partial charge in [0.1, 0.15) is 11.9 Å². The van der Waals surface area contributed by atoms with E-state index in [2.05, 4.69) is 15.6 Å². The van der Waals surface area contributed by atoms with E-state index in [0.717, 1.165) is 11.3 Å². The summed E-state index contributed by atoms with van der Waals surface area (Å²) in [5.74, 6) is 1.45. The molecular weight excluding hydrogens is 472 g/mol. The highest BCUT2D eigenvalue weighted by Gasteiger charge is 2.28. The van der Waals surface area contributed by atoms with Crippen LogP contribution >= 0.6 is 24.0 Å². The van der Waals surface area contributed by atoms with Crippen LogP contribution in [0.15, 0.2) is 29.3 Å². The fraction of sp³-hybridized carbons (Fsp3) is 0.611. The lowest BCUT2D eigenvalue weighted by molar-refractivity contribution is -0.143. The summed E-state index contributed by atoms with van der Waals surface area (Å²) in [6.07, 6.45) is -3.64. The summed E-state index contributed by atoms with van der Waals surface area (Å²) in [6.45, 7) is 4.51. The average Bonchev–Trinajstić information content (AvgIpc) is 2.54. The number of nitrogens with one attached hydrogen (secondary N) is 2. The fourth-order valence-electron chi connectivity index (χ4n) is 2.35. The third-order valence-corrected chi connectivity index (χ3v) is 3.66. The Balaban J connectivity index is 0.00000676. The number of aryl methyl sites for hydroxylation is 1.